The van der Waals surface area contributed by atoms with E-state index in [0.29, 0.717) is 30.8 Å². The van der Waals surface area contributed by atoms with Gasteiger partial charge in [-0.25, -0.2) is 4.98 Å². The Hall–Kier alpha value is -1.30. The average Bonchev–Trinajstić information content (AvgIpc) is 2.68. The Morgan fingerprint density at radius 3 is 2.83 bits per heavy atom. The number of hydrogen-bond acceptors (Lipinski definition) is 3. The summed E-state index contributed by atoms with van der Waals surface area (Å²) in [6, 6.07) is 0. The lowest BCUT2D eigenvalue weighted by Crippen LogP contribution is -2.10. The van der Waals surface area contributed by atoms with Crippen molar-refractivity contribution in [3.63, 3.8) is 0 Å². The van der Waals surface area contributed by atoms with Crippen LogP contribution in [-0.2, 0) is 4.79 Å². The quantitative estimate of drug-likeness (QED) is 0.760. The van der Waals surface area contributed by atoms with Crippen molar-refractivity contribution in [2.24, 2.45) is 0 Å². The van der Waals surface area contributed by atoms with Crippen LogP contribution in [0.25, 0.3) is 0 Å². The van der Waals surface area contributed by atoms with Crippen molar-refractivity contribution in [2.75, 3.05) is 5.32 Å². The van der Waals surface area contributed by atoms with Crippen molar-refractivity contribution >= 4 is 22.4 Å². The Balaban J connectivity index is 2.09. The maximum atomic E-state index is 11.7. The zero-order chi connectivity index (χ0) is 13.4. The van der Waals surface area contributed by atoms with E-state index in [4.69, 9.17) is 0 Å². The van der Waals surface area contributed by atoms with Gasteiger partial charge in [0.25, 0.3) is 6.08 Å². The van der Waals surface area contributed by atoms with Gasteiger partial charge in [-0.1, -0.05) is 6.42 Å². The second-order valence-electron chi connectivity index (χ2n) is 3.94. The summed E-state index contributed by atoms with van der Waals surface area (Å²) in [7, 11) is 0. The van der Waals surface area contributed by atoms with Gasteiger partial charge in [0.2, 0.25) is 5.91 Å². The third kappa shape index (κ3) is 6.44. The van der Waals surface area contributed by atoms with E-state index in [2.05, 4.69) is 10.3 Å². The van der Waals surface area contributed by atoms with Crippen LogP contribution in [0.3, 0.4) is 0 Å². The number of rotatable bonds is 7. The largest absolute Gasteiger partial charge is 0.302 e. The zero-order valence-corrected chi connectivity index (χ0v) is 11.0. The normalized spacial score (nSPS) is 10.2. The Kier molecular flexibility index (Phi) is 6.49. The first-order chi connectivity index (χ1) is 8.58. The number of amides is 1. The molecule has 1 amide bonds. The van der Waals surface area contributed by atoms with Crippen molar-refractivity contribution < 1.29 is 13.6 Å². The number of allylic oxidation sites excluding steroid dienone is 1. The summed E-state index contributed by atoms with van der Waals surface area (Å²) in [6.07, 6.45) is 2.22. The van der Waals surface area contributed by atoms with Crippen molar-refractivity contribution in [1.82, 2.24) is 4.98 Å². The van der Waals surface area contributed by atoms with Gasteiger partial charge in [0.05, 0.1) is 5.69 Å². The van der Waals surface area contributed by atoms with Gasteiger partial charge in [0, 0.05) is 11.8 Å². The molecule has 0 radical (unpaired) electrons. The Morgan fingerprint density at radius 1 is 1.44 bits per heavy atom. The smallest absolute Gasteiger partial charge is 0.266 e. The predicted molar refractivity (Wildman–Crippen MR) is 68.9 cm³/mol. The second-order valence-corrected chi connectivity index (χ2v) is 4.79. The van der Waals surface area contributed by atoms with Crippen LogP contribution in [0.4, 0.5) is 13.9 Å². The van der Waals surface area contributed by atoms with E-state index in [1.165, 1.54) is 11.3 Å². The second kappa shape index (κ2) is 7.92. The van der Waals surface area contributed by atoms with Crippen LogP contribution in [0.5, 0.6) is 0 Å². The molecule has 0 saturated heterocycles. The maximum absolute atomic E-state index is 11.7. The molecule has 0 aromatic carbocycles. The molecular formula is C12H16F2N2OS. The van der Waals surface area contributed by atoms with E-state index >= 15 is 0 Å². The van der Waals surface area contributed by atoms with E-state index < -0.39 is 6.08 Å². The number of nitrogens with one attached hydrogen (secondary N) is 1. The van der Waals surface area contributed by atoms with Gasteiger partial charge in [0.15, 0.2) is 5.13 Å². The maximum Gasteiger partial charge on any atom is 0.266 e. The van der Waals surface area contributed by atoms with Crippen LogP contribution in [-0.4, -0.2) is 10.9 Å². The Labute approximate surface area is 109 Å². The number of anilines is 1. The summed E-state index contributed by atoms with van der Waals surface area (Å²) in [5, 5.41) is 5.19. The molecule has 1 N–H and O–H groups in total. The van der Waals surface area contributed by atoms with E-state index in [1.807, 2.05) is 12.3 Å². The monoisotopic (exact) mass is 274 g/mol. The van der Waals surface area contributed by atoms with Gasteiger partial charge < -0.3 is 5.32 Å². The molecule has 0 aliphatic rings. The minimum atomic E-state index is -1.63. The van der Waals surface area contributed by atoms with Gasteiger partial charge in [-0.2, -0.15) is 8.78 Å². The first-order valence-electron chi connectivity index (χ1n) is 5.81. The first kappa shape index (κ1) is 14.8. The molecule has 0 saturated carbocycles. The molecule has 1 heterocycles. The molecule has 0 aliphatic carbocycles. The van der Waals surface area contributed by atoms with Crippen LogP contribution >= 0.6 is 11.3 Å². The minimum Gasteiger partial charge on any atom is -0.302 e. The number of aromatic nitrogens is 1. The number of thiazole rings is 1. The highest BCUT2D eigenvalue weighted by molar-refractivity contribution is 7.13. The molecule has 1 rings (SSSR count). The number of halogens is 2. The van der Waals surface area contributed by atoms with Gasteiger partial charge in [0.1, 0.15) is 0 Å². The molecule has 0 aliphatic heterocycles. The van der Waals surface area contributed by atoms with Crippen LogP contribution in [0.1, 0.15) is 37.8 Å². The number of unbranched alkanes of at least 4 members (excludes halogenated alkanes) is 3. The molecule has 0 fully saturated rings. The third-order valence-corrected chi connectivity index (χ3v) is 3.15. The molecule has 1 aromatic rings. The Bertz CT molecular complexity index is 414. The summed E-state index contributed by atoms with van der Waals surface area (Å²) < 4.78 is 23.4. The molecular weight excluding hydrogens is 258 g/mol. The summed E-state index contributed by atoms with van der Waals surface area (Å²) in [6.45, 7) is 1.86. The minimum absolute atomic E-state index is 0.0726. The van der Waals surface area contributed by atoms with Crippen LogP contribution in [0, 0.1) is 6.92 Å². The average molecular weight is 274 g/mol. The number of carbonyl (C=O) groups excluding carboxylic acids is 1. The van der Waals surface area contributed by atoms with Crippen LogP contribution in [0.15, 0.2) is 17.5 Å². The van der Waals surface area contributed by atoms with E-state index in [0.717, 1.165) is 18.2 Å². The summed E-state index contributed by atoms with van der Waals surface area (Å²) in [4.78, 5) is 15.6. The van der Waals surface area contributed by atoms with Gasteiger partial charge in [-0.05, 0) is 32.3 Å². The molecule has 18 heavy (non-hydrogen) atoms. The lowest BCUT2D eigenvalue weighted by Gasteiger charge is -2.01. The fourth-order valence-corrected chi connectivity index (χ4v) is 2.12. The molecule has 0 atom stereocenters. The zero-order valence-electron chi connectivity index (χ0n) is 10.2. The molecule has 0 bridgehead atoms. The first-order valence-corrected chi connectivity index (χ1v) is 6.69. The van der Waals surface area contributed by atoms with Gasteiger partial charge in [-0.15, -0.1) is 11.3 Å². The fourth-order valence-electron chi connectivity index (χ4n) is 1.41. The summed E-state index contributed by atoms with van der Waals surface area (Å²) in [5.74, 6) is -0.0726. The number of aryl methyl sites for hydroxylation is 1. The van der Waals surface area contributed by atoms with Gasteiger partial charge in [-0.3, -0.25) is 4.79 Å². The SMILES string of the molecule is Cc1csc(NC(=O)CCCCCC=C(F)F)n1. The van der Waals surface area contributed by atoms with Crippen LogP contribution < -0.4 is 5.32 Å². The summed E-state index contributed by atoms with van der Waals surface area (Å²) in [5.41, 5.74) is 0.885. The molecule has 0 spiro atoms. The van der Waals surface area contributed by atoms with Crippen molar-refractivity contribution in [3.05, 3.63) is 23.2 Å². The summed E-state index contributed by atoms with van der Waals surface area (Å²) >= 11 is 1.39. The predicted octanol–water partition coefficient (Wildman–Crippen LogP) is 4.12. The molecule has 0 unspecified atom stereocenters. The Morgan fingerprint density at radius 2 is 2.22 bits per heavy atom. The van der Waals surface area contributed by atoms with Crippen molar-refractivity contribution in [3.8, 4) is 0 Å². The number of nitrogens with zero attached hydrogens (tertiary/aromatic N) is 1. The third-order valence-electron chi connectivity index (χ3n) is 2.27. The molecule has 6 heteroatoms. The van der Waals surface area contributed by atoms with E-state index in [1.54, 1.807) is 0 Å². The van der Waals surface area contributed by atoms with Gasteiger partial charge >= 0.3 is 0 Å². The molecule has 1 aromatic heterocycles. The highest BCUT2D eigenvalue weighted by Gasteiger charge is 2.04. The fraction of sp³-hybridized carbons (Fsp3) is 0.500. The molecule has 3 nitrogen and oxygen atoms in total. The molecule has 100 valence electrons. The number of hydrogen-bond donors (Lipinski definition) is 1. The standard InChI is InChI=1S/C12H16F2N2OS/c1-9-8-18-12(15-9)16-11(17)7-5-3-2-4-6-10(13)14/h6,8H,2-5,7H2,1H3,(H,15,16,17). The number of carbonyl (C=O) groups is 1. The lowest BCUT2D eigenvalue weighted by atomic mass is 10.1. The lowest BCUT2D eigenvalue weighted by molar-refractivity contribution is -0.116. The van der Waals surface area contributed by atoms with Crippen molar-refractivity contribution in [1.29, 1.82) is 0 Å². The highest BCUT2D eigenvalue weighted by Crippen LogP contribution is 2.15. The van der Waals surface area contributed by atoms with Crippen molar-refractivity contribution in [2.45, 2.75) is 39.0 Å². The topological polar surface area (TPSA) is 42.0 Å². The van der Waals surface area contributed by atoms with E-state index in [-0.39, 0.29) is 5.91 Å². The van der Waals surface area contributed by atoms with Crippen LogP contribution in [0.2, 0.25) is 0 Å². The highest BCUT2D eigenvalue weighted by atomic mass is 32.1. The van der Waals surface area contributed by atoms with E-state index in [9.17, 15) is 13.6 Å².